The molecule has 0 atom stereocenters. The Balaban J connectivity index is 2.19. The fourth-order valence-corrected chi connectivity index (χ4v) is 4.41. The summed E-state index contributed by atoms with van der Waals surface area (Å²) >= 11 is 0. The molecule has 1 aromatic carbocycles. The van der Waals surface area contributed by atoms with E-state index < -0.39 is 10.0 Å². The van der Waals surface area contributed by atoms with Crippen molar-refractivity contribution in [1.82, 2.24) is 19.4 Å². The van der Waals surface area contributed by atoms with Crippen LogP contribution in [0, 0.1) is 13.8 Å². The molecule has 1 N–H and O–H groups in total. The lowest BCUT2D eigenvalue weighted by molar-refractivity contribution is 0.465. The molecule has 0 saturated carbocycles. The fourth-order valence-electron chi connectivity index (χ4n) is 2.88. The van der Waals surface area contributed by atoms with Crippen LogP contribution in [0.3, 0.4) is 0 Å². The summed E-state index contributed by atoms with van der Waals surface area (Å²) in [6.07, 6.45) is 0.912. The largest absolute Gasteiger partial charge is 0.317 e. The number of rotatable bonds is 9. The van der Waals surface area contributed by atoms with Crippen LogP contribution in [0.1, 0.15) is 30.3 Å². The lowest BCUT2D eigenvalue weighted by Crippen LogP contribution is -2.27. The first kappa shape index (κ1) is 19.6. The molecular formula is C18H28N4O2S. The summed E-state index contributed by atoms with van der Waals surface area (Å²) in [6, 6.07) is 9.60. The second-order valence-electron chi connectivity index (χ2n) is 6.18. The molecule has 0 saturated heterocycles. The van der Waals surface area contributed by atoms with Crippen LogP contribution in [0.5, 0.6) is 0 Å². The Kier molecular flexibility index (Phi) is 6.75. The first-order valence-electron chi connectivity index (χ1n) is 8.63. The molecule has 2 rings (SSSR count). The minimum absolute atomic E-state index is 0.328. The summed E-state index contributed by atoms with van der Waals surface area (Å²) in [4.78, 5) is 0.328. The Labute approximate surface area is 150 Å². The average Bonchev–Trinajstić information content (AvgIpc) is 2.87. The third kappa shape index (κ3) is 4.68. The van der Waals surface area contributed by atoms with Crippen LogP contribution in [-0.2, 0) is 23.1 Å². The number of hydrogen-bond acceptors (Lipinski definition) is 4. The zero-order chi connectivity index (χ0) is 18.4. The van der Waals surface area contributed by atoms with E-state index in [1.165, 1.54) is 4.31 Å². The van der Waals surface area contributed by atoms with E-state index in [0.717, 1.165) is 25.1 Å². The smallest absolute Gasteiger partial charge is 0.246 e. The van der Waals surface area contributed by atoms with E-state index in [1.807, 2.05) is 37.3 Å². The molecule has 1 heterocycles. The number of nitrogens with one attached hydrogen (secondary N) is 1. The van der Waals surface area contributed by atoms with Crippen molar-refractivity contribution in [2.24, 2.45) is 0 Å². The molecule has 0 radical (unpaired) electrons. The molecule has 138 valence electrons. The summed E-state index contributed by atoms with van der Waals surface area (Å²) in [6.45, 7) is 8.53. The van der Waals surface area contributed by atoms with Gasteiger partial charge in [0.25, 0.3) is 0 Å². The van der Waals surface area contributed by atoms with Gasteiger partial charge in [0.2, 0.25) is 10.0 Å². The average molecular weight is 365 g/mol. The molecular weight excluding hydrogens is 336 g/mol. The van der Waals surface area contributed by atoms with Crippen LogP contribution in [0.2, 0.25) is 0 Å². The molecule has 0 amide bonds. The summed E-state index contributed by atoms with van der Waals surface area (Å²) in [5.74, 6) is 0. The van der Waals surface area contributed by atoms with Crippen LogP contribution in [0.15, 0.2) is 35.2 Å². The van der Waals surface area contributed by atoms with Gasteiger partial charge in [0, 0.05) is 20.1 Å². The Hall–Kier alpha value is -1.70. The van der Waals surface area contributed by atoms with Crippen LogP contribution in [0.25, 0.3) is 0 Å². The van der Waals surface area contributed by atoms with Crippen LogP contribution >= 0.6 is 0 Å². The molecule has 0 bridgehead atoms. The molecule has 6 nitrogen and oxygen atoms in total. The molecule has 25 heavy (non-hydrogen) atoms. The standard InChI is InChI=1S/C18H28N4O2S/c1-5-19-12-9-13-22-16(3)18(15(2)20-22)25(23,24)21(4)14-17-10-7-6-8-11-17/h6-8,10-11,19H,5,9,12-14H2,1-4H3. The van der Waals surface area contributed by atoms with Crippen LogP contribution in [0.4, 0.5) is 0 Å². The monoisotopic (exact) mass is 364 g/mol. The first-order chi connectivity index (χ1) is 11.9. The van der Waals surface area contributed by atoms with Gasteiger partial charge >= 0.3 is 0 Å². The summed E-state index contributed by atoms with van der Waals surface area (Å²) < 4.78 is 29.2. The SMILES string of the molecule is CCNCCCn1nc(C)c(S(=O)(=O)N(C)Cc2ccccc2)c1C. The van der Waals surface area contributed by atoms with Gasteiger partial charge in [-0.25, -0.2) is 8.42 Å². The van der Waals surface area contributed by atoms with E-state index >= 15 is 0 Å². The van der Waals surface area contributed by atoms with Gasteiger partial charge in [-0.15, -0.1) is 0 Å². The number of benzene rings is 1. The highest BCUT2D eigenvalue weighted by molar-refractivity contribution is 7.89. The van der Waals surface area contributed by atoms with E-state index in [9.17, 15) is 8.42 Å². The maximum atomic E-state index is 13.0. The van der Waals surface area contributed by atoms with Gasteiger partial charge in [-0.3, -0.25) is 4.68 Å². The number of aryl methyl sites for hydroxylation is 2. The third-order valence-electron chi connectivity index (χ3n) is 4.20. The van der Waals surface area contributed by atoms with Crippen molar-refractivity contribution >= 4 is 10.0 Å². The highest BCUT2D eigenvalue weighted by atomic mass is 32.2. The van der Waals surface area contributed by atoms with E-state index in [1.54, 1.807) is 18.7 Å². The molecule has 2 aromatic rings. The Morgan fingerprint density at radius 2 is 1.88 bits per heavy atom. The molecule has 0 spiro atoms. The van der Waals surface area contributed by atoms with Crippen LogP contribution in [-0.4, -0.2) is 42.6 Å². The van der Waals surface area contributed by atoms with E-state index in [-0.39, 0.29) is 0 Å². The van der Waals surface area contributed by atoms with Gasteiger partial charge in [0.1, 0.15) is 4.90 Å². The minimum atomic E-state index is -3.58. The second-order valence-corrected chi connectivity index (χ2v) is 8.16. The van der Waals surface area contributed by atoms with Gasteiger partial charge in [-0.2, -0.15) is 9.40 Å². The molecule has 0 aliphatic heterocycles. The van der Waals surface area contributed by atoms with Gasteiger partial charge in [0.15, 0.2) is 0 Å². The molecule has 0 aliphatic rings. The topological polar surface area (TPSA) is 67.2 Å². The Morgan fingerprint density at radius 3 is 2.52 bits per heavy atom. The fraction of sp³-hybridized carbons (Fsp3) is 0.500. The Bertz CT molecular complexity index is 785. The van der Waals surface area contributed by atoms with Crippen molar-refractivity contribution in [3.8, 4) is 0 Å². The van der Waals surface area contributed by atoms with Gasteiger partial charge in [-0.1, -0.05) is 37.3 Å². The van der Waals surface area contributed by atoms with Crippen molar-refractivity contribution in [2.75, 3.05) is 20.1 Å². The van der Waals surface area contributed by atoms with Crippen LogP contribution < -0.4 is 5.32 Å². The van der Waals surface area contributed by atoms with E-state index in [4.69, 9.17) is 0 Å². The zero-order valence-electron chi connectivity index (χ0n) is 15.5. The molecule has 0 unspecified atom stereocenters. The predicted molar refractivity (Wildman–Crippen MR) is 100.0 cm³/mol. The minimum Gasteiger partial charge on any atom is -0.317 e. The number of nitrogens with zero attached hydrogens (tertiary/aromatic N) is 3. The number of hydrogen-bond donors (Lipinski definition) is 1. The lowest BCUT2D eigenvalue weighted by atomic mass is 10.2. The molecule has 1 aromatic heterocycles. The lowest BCUT2D eigenvalue weighted by Gasteiger charge is -2.17. The summed E-state index contributed by atoms with van der Waals surface area (Å²) in [7, 11) is -1.96. The van der Waals surface area contributed by atoms with Crippen molar-refractivity contribution < 1.29 is 8.42 Å². The number of aromatic nitrogens is 2. The van der Waals surface area contributed by atoms with Crippen molar-refractivity contribution in [3.63, 3.8) is 0 Å². The first-order valence-corrected chi connectivity index (χ1v) is 10.1. The highest BCUT2D eigenvalue weighted by Crippen LogP contribution is 2.24. The molecule has 0 fully saturated rings. The normalized spacial score (nSPS) is 12.0. The van der Waals surface area contributed by atoms with Crippen molar-refractivity contribution in [3.05, 3.63) is 47.3 Å². The zero-order valence-corrected chi connectivity index (χ0v) is 16.3. The summed E-state index contributed by atoms with van der Waals surface area (Å²) in [5.41, 5.74) is 2.22. The molecule has 7 heteroatoms. The van der Waals surface area contributed by atoms with Gasteiger partial charge in [0.05, 0.1) is 11.4 Å². The van der Waals surface area contributed by atoms with Crippen molar-refractivity contribution in [1.29, 1.82) is 0 Å². The van der Waals surface area contributed by atoms with Crippen molar-refractivity contribution in [2.45, 2.75) is 45.2 Å². The number of sulfonamides is 1. The quantitative estimate of drug-likeness (QED) is 0.694. The summed E-state index contributed by atoms with van der Waals surface area (Å²) in [5, 5.41) is 7.71. The van der Waals surface area contributed by atoms with Gasteiger partial charge in [-0.05, 0) is 38.9 Å². The molecule has 0 aliphatic carbocycles. The third-order valence-corrected chi connectivity index (χ3v) is 6.26. The maximum absolute atomic E-state index is 13.0. The Morgan fingerprint density at radius 1 is 1.20 bits per heavy atom. The second kappa shape index (κ2) is 8.60. The predicted octanol–water partition coefficient (Wildman–Crippen LogP) is 2.32. The van der Waals surface area contributed by atoms with E-state index in [2.05, 4.69) is 17.3 Å². The highest BCUT2D eigenvalue weighted by Gasteiger charge is 2.28. The maximum Gasteiger partial charge on any atom is 0.246 e. The van der Waals surface area contributed by atoms with E-state index in [0.29, 0.717) is 29.4 Å². The van der Waals surface area contributed by atoms with Gasteiger partial charge < -0.3 is 5.32 Å².